The quantitative estimate of drug-likeness (QED) is 0.153. The van der Waals surface area contributed by atoms with Gasteiger partial charge in [-0.05, 0) is 43.4 Å². The number of halogens is 4. The van der Waals surface area contributed by atoms with Gasteiger partial charge in [-0.2, -0.15) is 8.78 Å². The summed E-state index contributed by atoms with van der Waals surface area (Å²) in [5.41, 5.74) is -0.586. The SMILES string of the molecule is CC(C)[C@H](NC1(c2ccccc2Oc2ccccc2)CCCCO1)C(=O)N[C@@H](CC(=O)O)C(=O)COc1c(F)c(F)cc(F)c1F. The van der Waals surface area contributed by atoms with Crippen LogP contribution < -0.4 is 20.1 Å². The average molecular weight is 647 g/mol. The fraction of sp³-hybridized carbons (Fsp3) is 0.364. The van der Waals surface area contributed by atoms with E-state index in [0.29, 0.717) is 30.1 Å². The summed E-state index contributed by atoms with van der Waals surface area (Å²) in [6.45, 7) is 2.65. The van der Waals surface area contributed by atoms with Crippen molar-refractivity contribution in [1.82, 2.24) is 10.6 Å². The van der Waals surface area contributed by atoms with Gasteiger partial charge in [0.1, 0.15) is 29.9 Å². The van der Waals surface area contributed by atoms with E-state index in [0.717, 1.165) is 12.8 Å². The number of para-hydroxylation sites is 2. The monoisotopic (exact) mass is 646 g/mol. The highest BCUT2D eigenvalue weighted by Gasteiger charge is 2.42. The summed E-state index contributed by atoms with van der Waals surface area (Å²) in [5, 5.41) is 15.1. The second-order valence-electron chi connectivity index (χ2n) is 11.1. The second-order valence-corrected chi connectivity index (χ2v) is 11.1. The van der Waals surface area contributed by atoms with Crippen molar-refractivity contribution < 1.29 is 51.3 Å². The molecule has 46 heavy (non-hydrogen) atoms. The molecule has 0 aromatic heterocycles. The van der Waals surface area contributed by atoms with Crippen molar-refractivity contribution in [2.45, 2.75) is 57.3 Å². The minimum Gasteiger partial charge on any atom is -0.481 e. The maximum absolute atomic E-state index is 14.0. The number of rotatable bonds is 14. The molecule has 3 aromatic rings. The van der Waals surface area contributed by atoms with Crippen LogP contribution >= 0.6 is 0 Å². The molecule has 9 nitrogen and oxygen atoms in total. The zero-order chi connectivity index (χ0) is 33.4. The predicted molar refractivity (Wildman–Crippen MR) is 157 cm³/mol. The molecule has 3 aromatic carbocycles. The van der Waals surface area contributed by atoms with Crippen LogP contribution in [0.15, 0.2) is 60.7 Å². The standard InChI is InChI=1S/C33H34F4N2O7/c1-19(2)30(32(43)38-24(17-27(41)42)25(40)18-44-31-28(36)22(34)16-23(35)29(31)37)39-33(14-8-9-15-45-33)21-12-6-7-13-26(21)46-20-10-4-3-5-11-20/h3-7,10-13,16,19,24,30,39H,8-9,14-15,17-18H2,1-2H3,(H,38,43)(H,41,42)/t24-,30-,33?/m0/s1. The summed E-state index contributed by atoms with van der Waals surface area (Å²) in [6, 6.07) is 13.5. The number of ether oxygens (including phenoxy) is 3. The van der Waals surface area contributed by atoms with Gasteiger partial charge in [0.25, 0.3) is 0 Å². The minimum atomic E-state index is -1.87. The fourth-order valence-corrected chi connectivity index (χ4v) is 5.09. The normalized spacial score (nSPS) is 17.6. The molecule has 3 atom stereocenters. The Labute approximate surface area is 262 Å². The van der Waals surface area contributed by atoms with Crippen molar-refractivity contribution in [3.05, 3.63) is 89.5 Å². The van der Waals surface area contributed by atoms with Gasteiger partial charge in [-0.25, -0.2) is 8.78 Å². The van der Waals surface area contributed by atoms with Crippen LogP contribution in [-0.2, 0) is 24.8 Å². The molecule has 0 radical (unpaired) electrons. The molecule has 0 aliphatic carbocycles. The summed E-state index contributed by atoms with van der Waals surface area (Å²) in [5.74, 6) is -11.4. The van der Waals surface area contributed by atoms with E-state index >= 15 is 0 Å². The van der Waals surface area contributed by atoms with Gasteiger partial charge in [-0.1, -0.05) is 50.2 Å². The first-order valence-electron chi connectivity index (χ1n) is 14.7. The van der Waals surface area contributed by atoms with E-state index in [9.17, 15) is 37.1 Å². The van der Waals surface area contributed by atoms with E-state index in [4.69, 9.17) is 14.2 Å². The molecule has 3 N–H and O–H groups in total. The Morgan fingerprint density at radius 2 is 1.61 bits per heavy atom. The van der Waals surface area contributed by atoms with Crippen molar-refractivity contribution in [2.24, 2.45) is 5.92 Å². The van der Waals surface area contributed by atoms with Crippen molar-refractivity contribution in [1.29, 1.82) is 0 Å². The summed E-state index contributed by atoms with van der Waals surface area (Å²) in [4.78, 5) is 38.3. The van der Waals surface area contributed by atoms with E-state index in [1.54, 1.807) is 44.2 Å². The van der Waals surface area contributed by atoms with E-state index in [2.05, 4.69) is 10.6 Å². The summed E-state index contributed by atoms with van der Waals surface area (Å²) >= 11 is 0. The second kappa shape index (κ2) is 15.2. The van der Waals surface area contributed by atoms with Gasteiger partial charge in [0.15, 0.2) is 23.2 Å². The maximum Gasteiger partial charge on any atom is 0.305 e. The predicted octanol–water partition coefficient (Wildman–Crippen LogP) is 5.61. The number of ketones is 1. The average Bonchev–Trinajstić information content (AvgIpc) is 3.03. The lowest BCUT2D eigenvalue weighted by molar-refractivity contribution is -0.143. The highest BCUT2D eigenvalue weighted by Crippen LogP contribution is 2.40. The fourth-order valence-electron chi connectivity index (χ4n) is 5.09. The number of carboxylic acids is 1. The molecule has 0 saturated carbocycles. The Kier molecular flexibility index (Phi) is 11.4. The molecule has 1 amide bonds. The van der Waals surface area contributed by atoms with Gasteiger partial charge < -0.3 is 24.6 Å². The van der Waals surface area contributed by atoms with Gasteiger partial charge in [-0.3, -0.25) is 19.7 Å². The first-order valence-corrected chi connectivity index (χ1v) is 14.7. The van der Waals surface area contributed by atoms with E-state index in [1.165, 1.54) is 0 Å². The third-order valence-corrected chi connectivity index (χ3v) is 7.42. The Morgan fingerprint density at radius 1 is 0.957 bits per heavy atom. The zero-order valence-corrected chi connectivity index (χ0v) is 25.2. The van der Waals surface area contributed by atoms with Crippen LogP contribution in [0.5, 0.6) is 17.2 Å². The number of carbonyl (C=O) groups is 3. The molecule has 1 saturated heterocycles. The van der Waals surface area contributed by atoms with Crippen molar-refractivity contribution in [3.63, 3.8) is 0 Å². The molecule has 1 heterocycles. The number of hydrogen-bond donors (Lipinski definition) is 3. The lowest BCUT2D eigenvalue weighted by Gasteiger charge is -2.42. The molecule has 13 heteroatoms. The molecule has 1 aliphatic rings. The number of amides is 1. The number of carboxylic acid groups (broad SMARTS) is 1. The minimum absolute atomic E-state index is 0.0269. The molecular weight excluding hydrogens is 612 g/mol. The van der Waals surface area contributed by atoms with Crippen molar-refractivity contribution >= 4 is 17.7 Å². The van der Waals surface area contributed by atoms with E-state index in [1.807, 2.05) is 24.3 Å². The molecule has 1 aliphatic heterocycles. The van der Waals surface area contributed by atoms with Gasteiger partial charge in [0, 0.05) is 18.2 Å². The molecule has 1 fully saturated rings. The van der Waals surface area contributed by atoms with Crippen LogP contribution in [0, 0.1) is 29.2 Å². The largest absolute Gasteiger partial charge is 0.481 e. The van der Waals surface area contributed by atoms with E-state index < -0.39 is 83.4 Å². The summed E-state index contributed by atoms with van der Waals surface area (Å²) < 4.78 is 72.5. The number of benzene rings is 3. The van der Waals surface area contributed by atoms with Crippen molar-refractivity contribution in [2.75, 3.05) is 13.2 Å². The molecule has 0 bridgehead atoms. The number of hydrogen-bond acceptors (Lipinski definition) is 7. The zero-order valence-electron chi connectivity index (χ0n) is 25.2. The number of carbonyl (C=O) groups excluding carboxylic acids is 2. The number of Topliss-reactive ketones (excluding diaryl/α,β-unsaturated/α-hetero) is 1. The van der Waals surface area contributed by atoms with Gasteiger partial charge in [0.2, 0.25) is 17.5 Å². The van der Waals surface area contributed by atoms with Crippen LogP contribution in [0.1, 0.15) is 45.1 Å². The molecule has 4 rings (SSSR count). The van der Waals surface area contributed by atoms with Crippen molar-refractivity contribution in [3.8, 4) is 17.2 Å². The van der Waals surface area contributed by atoms with Crippen LogP contribution in [0.25, 0.3) is 0 Å². The van der Waals surface area contributed by atoms with Crippen LogP contribution in [0.4, 0.5) is 17.6 Å². The summed E-state index contributed by atoms with van der Waals surface area (Å²) in [7, 11) is 0. The lowest BCUT2D eigenvalue weighted by Crippen LogP contribution is -2.60. The first kappa shape index (κ1) is 34.4. The third kappa shape index (κ3) is 8.20. The molecule has 1 unspecified atom stereocenters. The molecule has 0 spiro atoms. The van der Waals surface area contributed by atoms with Gasteiger partial charge >= 0.3 is 5.97 Å². The van der Waals surface area contributed by atoms with Crippen LogP contribution in [0.2, 0.25) is 0 Å². The lowest BCUT2D eigenvalue weighted by atomic mass is 9.90. The first-order chi connectivity index (χ1) is 21.9. The third-order valence-electron chi connectivity index (χ3n) is 7.42. The Balaban J connectivity index is 1.58. The van der Waals surface area contributed by atoms with Crippen LogP contribution in [-0.4, -0.2) is 48.1 Å². The van der Waals surface area contributed by atoms with Gasteiger partial charge in [0.05, 0.1) is 12.5 Å². The van der Waals surface area contributed by atoms with Crippen LogP contribution in [0.3, 0.4) is 0 Å². The van der Waals surface area contributed by atoms with E-state index in [-0.39, 0.29) is 6.07 Å². The Bertz CT molecular complexity index is 1520. The smallest absolute Gasteiger partial charge is 0.305 e. The molecular formula is C33H34F4N2O7. The Morgan fingerprint density at radius 3 is 2.22 bits per heavy atom. The highest BCUT2D eigenvalue weighted by molar-refractivity contribution is 5.94. The highest BCUT2D eigenvalue weighted by atomic mass is 19.2. The summed E-state index contributed by atoms with van der Waals surface area (Å²) in [6.07, 6.45) is 1.06. The maximum atomic E-state index is 14.0. The number of nitrogens with one attached hydrogen (secondary N) is 2. The number of aliphatic carboxylic acids is 1. The topological polar surface area (TPSA) is 123 Å². The van der Waals surface area contributed by atoms with Gasteiger partial charge in [-0.15, -0.1) is 0 Å². The molecule has 246 valence electrons. The Hall–Kier alpha value is -4.49.